The van der Waals surface area contributed by atoms with Gasteiger partial charge in [0.1, 0.15) is 60.9 Å². The highest BCUT2D eigenvalue weighted by molar-refractivity contribution is 7.81. The molecule has 4 heterocycles. The van der Waals surface area contributed by atoms with Crippen molar-refractivity contribution < 1.29 is 154 Å². The van der Waals surface area contributed by atoms with Gasteiger partial charge in [-0.3, -0.25) is 18.7 Å². The first kappa shape index (κ1) is 85.5. The molecule has 108 heavy (non-hydrogen) atoms. The molecule has 8 rings (SSSR count). The Balaban J connectivity index is 1.35. The normalized spacial score (nSPS) is 29.0. The Morgan fingerprint density at radius 2 is 0.787 bits per heavy atom. The van der Waals surface area contributed by atoms with Gasteiger partial charge in [-0.1, -0.05) is 120 Å². The Labute approximate surface area is 623 Å². The van der Waals surface area contributed by atoms with Crippen LogP contribution in [-0.2, 0) is 119 Å². The van der Waals surface area contributed by atoms with Gasteiger partial charge in [0.05, 0.1) is 56.3 Å². The summed E-state index contributed by atoms with van der Waals surface area (Å²) in [4.78, 5) is 116. The highest BCUT2D eigenvalue weighted by Gasteiger charge is 2.64. The Hall–Kier alpha value is -8.10. The maximum Gasteiger partial charge on any atom is 0.397 e. The first-order valence-corrected chi connectivity index (χ1v) is 38.7. The van der Waals surface area contributed by atoms with Crippen molar-refractivity contribution in [1.29, 1.82) is 0 Å². The number of carbonyl (C=O) groups excluding carboxylic acids is 8. The van der Waals surface area contributed by atoms with Gasteiger partial charge in [-0.15, -0.1) is 6.58 Å². The van der Waals surface area contributed by atoms with Crippen molar-refractivity contribution in [2.45, 2.75) is 195 Å². The van der Waals surface area contributed by atoms with E-state index in [1.165, 1.54) is 115 Å². The number of esters is 6. The van der Waals surface area contributed by atoms with E-state index in [2.05, 4.69) is 21.4 Å². The topological polar surface area (TPSA) is 467 Å². The minimum atomic E-state index is -5.53. The number of aliphatic hydroxyl groups is 2. The van der Waals surface area contributed by atoms with Crippen molar-refractivity contribution in [1.82, 2.24) is 10.6 Å². The zero-order valence-corrected chi connectivity index (χ0v) is 63.1. The van der Waals surface area contributed by atoms with Gasteiger partial charge in [0, 0.05) is 13.8 Å². The minimum absolute atomic E-state index is 0.0723. The van der Waals surface area contributed by atoms with E-state index in [0.29, 0.717) is 0 Å². The monoisotopic (exact) mass is 1580 g/mol. The van der Waals surface area contributed by atoms with Crippen molar-refractivity contribution in [3.05, 3.63) is 156 Å². The Kier molecular flexibility index (Phi) is 29.0. The molecule has 38 heteroatoms. The van der Waals surface area contributed by atoms with Gasteiger partial charge >= 0.3 is 56.6 Å². The SMILES string of the molecule is C=CCO[C@@H]1OC(COS(=O)(=O)O)[C@H](O)[C@H](O[C@@H]2OC(C(=O)OC)[C@@H](O[C@@H]3OC(COS(=O)(=O)O)[C@H](O)[C@H](O[C@@H]4OC(C(=O)OC)[C@@H](O[Si](C)(C(C)(C)C)C(C)(C)C)[C@H](OC(=O)c5ccccc5)C4OC(=O)c4ccccc4)C3NC(C)=O)[C@H](OC(=O)c3ccccc3)C2OC(=O)c2ccccc2)C1NC(C)=O. The number of carbonyl (C=O) groups is 8. The van der Waals surface area contributed by atoms with Crippen molar-refractivity contribution in [3.63, 3.8) is 0 Å². The van der Waals surface area contributed by atoms with Crippen LogP contribution in [0, 0.1) is 0 Å². The van der Waals surface area contributed by atoms with Gasteiger partial charge in [-0.05, 0) is 65.2 Å². The van der Waals surface area contributed by atoms with E-state index in [1.807, 2.05) is 48.1 Å². The van der Waals surface area contributed by atoms with E-state index in [-0.39, 0.29) is 28.9 Å². The molecule has 4 aromatic rings. The fourth-order valence-electron chi connectivity index (χ4n) is 12.5. The average molecular weight is 1580 g/mol. The van der Waals surface area contributed by atoms with E-state index in [1.54, 1.807) is 12.1 Å². The molecule has 0 bridgehead atoms. The third-order valence-electron chi connectivity index (χ3n) is 18.2. The van der Waals surface area contributed by atoms with Gasteiger partial charge in [0.25, 0.3) is 0 Å². The predicted molar refractivity (Wildman–Crippen MR) is 370 cm³/mol. The van der Waals surface area contributed by atoms with Gasteiger partial charge in [-0.25, -0.2) is 37.1 Å². The molecule has 4 aliphatic heterocycles. The van der Waals surface area contributed by atoms with Crippen LogP contribution in [0.4, 0.5) is 0 Å². The lowest BCUT2D eigenvalue weighted by Crippen LogP contribution is -2.72. The summed E-state index contributed by atoms with van der Waals surface area (Å²) >= 11 is 0. The van der Waals surface area contributed by atoms with Crippen LogP contribution in [0.5, 0.6) is 0 Å². The van der Waals surface area contributed by atoms with Gasteiger partial charge < -0.3 is 91.6 Å². The number of aliphatic hydroxyl groups excluding tert-OH is 2. The van der Waals surface area contributed by atoms with Crippen LogP contribution in [0.15, 0.2) is 134 Å². The Morgan fingerprint density at radius 3 is 1.11 bits per heavy atom. The number of benzene rings is 4. The number of rotatable bonds is 29. The number of ether oxygens (including phenoxy) is 14. The van der Waals surface area contributed by atoms with E-state index < -0.39 is 223 Å². The molecule has 4 fully saturated rings. The predicted octanol–water partition coefficient (Wildman–Crippen LogP) is 3.42. The van der Waals surface area contributed by atoms with Gasteiger partial charge in [0.15, 0.2) is 61.8 Å². The van der Waals surface area contributed by atoms with Crippen LogP contribution < -0.4 is 10.6 Å². The van der Waals surface area contributed by atoms with Crippen molar-refractivity contribution in [3.8, 4) is 0 Å². The number of hydrogen-bond donors (Lipinski definition) is 6. The number of nitrogens with one attached hydrogen (secondary N) is 2. The molecule has 592 valence electrons. The second kappa shape index (κ2) is 36.6. The van der Waals surface area contributed by atoms with E-state index in [0.717, 1.165) is 28.1 Å². The van der Waals surface area contributed by atoms with Crippen LogP contribution in [0.25, 0.3) is 0 Å². The summed E-state index contributed by atoms with van der Waals surface area (Å²) in [5.41, 5.74) is -0.662. The van der Waals surface area contributed by atoms with Crippen LogP contribution in [-0.4, -0.2) is 249 Å². The molecule has 6 N–H and O–H groups in total. The number of methoxy groups -OCH3 is 2. The molecule has 4 aromatic carbocycles. The van der Waals surface area contributed by atoms with Gasteiger partial charge in [0.2, 0.25) is 20.1 Å². The molecule has 35 nitrogen and oxygen atoms in total. The lowest BCUT2D eigenvalue weighted by molar-refractivity contribution is -0.367. The van der Waals surface area contributed by atoms with Gasteiger partial charge in [-0.2, -0.15) is 16.8 Å². The summed E-state index contributed by atoms with van der Waals surface area (Å²) in [6.07, 6.45) is -38.8. The van der Waals surface area contributed by atoms with Crippen molar-refractivity contribution >= 4 is 76.7 Å². The zero-order valence-electron chi connectivity index (χ0n) is 60.4. The molecule has 20 atom stereocenters. The summed E-state index contributed by atoms with van der Waals surface area (Å²) in [5.74, 6) is -9.39. The highest BCUT2D eigenvalue weighted by atomic mass is 32.3. The first-order chi connectivity index (χ1) is 50.8. The quantitative estimate of drug-likeness (QED) is 0.0149. The van der Waals surface area contributed by atoms with Crippen LogP contribution in [0.2, 0.25) is 16.6 Å². The minimum Gasteiger partial charge on any atom is -0.467 e. The molecule has 0 aliphatic carbocycles. The fraction of sp³-hybridized carbons (Fsp3) is 0.514. The van der Waals surface area contributed by atoms with Crippen molar-refractivity contribution in [2.24, 2.45) is 0 Å². The third-order valence-corrected chi connectivity index (χ3v) is 25.5. The molecule has 4 saturated heterocycles. The second-order valence-electron chi connectivity index (χ2n) is 27.3. The smallest absolute Gasteiger partial charge is 0.397 e. The van der Waals surface area contributed by atoms with Crippen LogP contribution in [0.1, 0.15) is 96.8 Å². The molecule has 0 radical (unpaired) electrons. The number of hydrogen-bond acceptors (Lipinski definition) is 31. The largest absolute Gasteiger partial charge is 0.467 e. The molecular formula is C70H88N2O33S2Si. The lowest BCUT2D eigenvalue weighted by atomic mass is 9.93. The fourth-order valence-corrected chi connectivity index (χ4v) is 16.8. The Bertz CT molecular complexity index is 3990. The summed E-state index contributed by atoms with van der Waals surface area (Å²) in [7, 11) is -12.5. The molecule has 2 amide bonds. The molecule has 0 spiro atoms. The number of amides is 2. The molecule has 8 unspecified atom stereocenters. The van der Waals surface area contributed by atoms with E-state index >= 15 is 0 Å². The Morgan fingerprint density at radius 1 is 0.472 bits per heavy atom. The maximum absolute atomic E-state index is 14.9. The van der Waals surface area contributed by atoms with Crippen LogP contribution >= 0.6 is 0 Å². The van der Waals surface area contributed by atoms with E-state index in [9.17, 15) is 74.5 Å². The summed E-state index contributed by atoms with van der Waals surface area (Å²) < 4.78 is 172. The summed E-state index contributed by atoms with van der Waals surface area (Å²) in [5, 5.41) is 28.5. The highest BCUT2D eigenvalue weighted by Crippen LogP contribution is 2.53. The summed E-state index contributed by atoms with van der Waals surface area (Å²) in [6.45, 7) is 15.8. The average Bonchev–Trinajstić information content (AvgIpc) is 0.747. The molecule has 4 aliphatic rings. The first-order valence-electron chi connectivity index (χ1n) is 33.6. The molecule has 0 aromatic heterocycles. The van der Waals surface area contributed by atoms with Crippen LogP contribution in [0.3, 0.4) is 0 Å². The second-order valence-corrected chi connectivity index (χ2v) is 34.8. The lowest BCUT2D eigenvalue weighted by Gasteiger charge is -2.54. The van der Waals surface area contributed by atoms with Crippen molar-refractivity contribution in [2.75, 3.05) is 34.0 Å². The summed E-state index contributed by atoms with van der Waals surface area (Å²) in [6, 6.07) is 24.6. The third kappa shape index (κ3) is 21.5. The molecular weight excluding hydrogens is 1490 g/mol. The zero-order chi connectivity index (χ0) is 79.4. The molecule has 0 saturated carbocycles. The van der Waals surface area contributed by atoms with E-state index in [4.69, 9.17) is 74.9 Å². The standard InChI is InChI=1S/C70H88N2O33S2Si/c1-13-34-91-65-45(71-37(2)73)49(47(75)43(94-65)35-92-106(83,84)85)100-67-57(98-61(79)41-30-22-16-23-31-41)52(96-59(77)39-26-18-14-19-27-39)51(55(103-67)63(81)89-10)102-66-46(72-38(3)74)50(48(76)44(95-66)36-93-107(86,87)88)101-68-58(99-62(80)42-32-24-17-25-33-42)53(97-60(78)40-28-20-15-21-29-40)54(56(104-68)64(82)90-11)105-108(12,69(4,5)6)70(7,8)9/h13-33,43-58,65-68,75-76H,1,34-36H2,2-12H3,(H,71,73)(H,72,74)(H,83,84,85)(H,86,87,88)/t43?,44?,45?,46?,47-,48-,49+,50+,51-,52-,53-,54-,55?,56?,57?,58?,65+,66-,67+,68+/m0/s1. The maximum atomic E-state index is 14.9.